The molecular formula is C27H22ClNO3. The Morgan fingerprint density at radius 2 is 1.75 bits per heavy atom. The Bertz CT molecular complexity index is 1410. The van der Waals surface area contributed by atoms with Crippen molar-refractivity contribution in [2.24, 2.45) is 0 Å². The van der Waals surface area contributed by atoms with Crippen molar-refractivity contribution in [3.63, 3.8) is 0 Å². The number of rotatable bonds is 4. The van der Waals surface area contributed by atoms with E-state index < -0.39 is 6.04 Å². The molecule has 0 spiro atoms. The molecule has 5 rings (SSSR count). The summed E-state index contributed by atoms with van der Waals surface area (Å²) in [6.45, 7) is 4.30. The largest absolute Gasteiger partial charge is 0.450 e. The minimum Gasteiger partial charge on any atom is -0.450 e. The fourth-order valence-electron chi connectivity index (χ4n) is 4.39. The Labute approximate surface area is 191 Å². The number of hydrogen-bond donors (Lipinski definition) is 0. The average molecular weight is 444 g/mol. The van der Waals surface area contributed by atoms with Crippen LogP contribution in [-0.4, -0.2) is 10.8 Å². The predicted octanol–water partition coefficient (Wildman–Crippen LogP) is 6.06. The van der Waals surface area contributed by atoms with E-state index in [0.717, 1.165) is 23.1 Å². The smallest absolute Gasteiger partial charge is 0.291 e. The van der Waals surface area contributed by atoms with Gasteiger partial charge in [-0.1, -0.05) is 72.6 Å². The van der Waals surface area contributed by atoms with Crippen LogP contribution in [0.3, 0.4) is 0 Å². The van der Waals surface area contributed by atoms with E-state index in [1.54, 1.807) is 17.0 Å². The SMILES string of the molecule is CCc1ccc(C2c3c(oc4ccc(C)cc4c3=O)C(=O)N2Cc2ccccc2Cl)cc1. The lowest BCUT2D eigenvalue weighted by atomic mass is 9.96. The Morgan fingerprint density at radius 3 is 2.47 bits per heavy atom. The minimum absolute atomic E-state index is 0.114. The fraction of sp³-hybridized carbons (Fsp3) is 0.185. The summed E-state index contributed by atoms with van der Waals surface area (Å²) < 4.78 is 6.02. The molecule has 0 bridgehead atoms. The highest BCUT2D eigenvalue weighted by atomic mass is 35.5. The minimum atomic E-state index is -0.541. The fourth-order valence-corrected chi connectivity index (χ4v) is 4.59. The topological polar surface area (TPSA) is 50.5 Å². The number of carbonyl (C=O) groups excluding carboxylic acids is 1. The summed E-state index contributed by atoms with van der Waals surface area (Å²) in [7, 11) is 0. The molecule has 1 aliphatic rings. The van der Waals surface area contributed by atoms with Crippen LogP contribution in [0.1, 0.15) is 51.3 Å². The zero-order chi connectivity index (χ0) is 22.4. The van der Waals surface area contributed by atoms with Gasteiger partial charge in [0.15, 0.2) is 5.43 Å². The number of halogens is 1. The summed E-state index contributed by atoms with van der Waals surface area (Å²) in [5.74, 6) is -0.188. The Morgan fingerprint density at radius 1 is 1.00 bits per heavy atom. The molecule has 0 radical (unpaired) electrons. The maximum Gasteiger partial charge on any atom is 0.291 e. The summed E-state index contributed by atoms with van der Waals surface area (Å²) in [6, 6.07) is 20.4. The second-order valence-electron chi connectivity index (χ2n) is 8.20. The number of amides is 1. The van der Waals surface area contributed by atoms with Gasteiger partial charge >= 0.3 is 0 Å². The average Bonchev–Trinajstić information content (AvgIpc) is 3.08. The van der Waals surface area contributed by atoms with Gasteiger partial charge in [0.25, 0.3) is 5.91 Å². The quantitative estimate of drug-likeness (QED) is 0.385. The van der Waals surface area contributed by atoms with Gasteiger partial charge in [0.1, 0.15) is 5.58 Å². The van der Waals surface area contributed by atoms with Crippen LogP contribution in [0.25, 0.3) is 11.0 Å². The molecule has 1 amide bonds. The van der Waals surface area contributed by atoms with E-state index >= 15 is 0 Å². The standard InChI is InChI=1S/C27H22ClNO3/c1-3-17-9-11-18(12-10-17)24-23-25(30)20-14-16(2)8-13-22(20)32-26(23)27(31)29(24)15-19-6-4-5-7-21(19)28/h4-14,24H,3,15H2,1-2H3. The third-order valence-corrected chi connectivity index (χ3v) is 6.49. The van der Waals surface area contributed by atoms with E-state index in [2.05, 4.69) is 6.92 Å². The van der Waals surface area contributed by atoms with Crippen LogP contribution in [0.2, 0.25) is 5.02 Å². The first-order chi connectivity index (χ1) is 15.5. The van der Waals surface area contributed by atoms with Crippen LogP contribution >= 0.6 is 11.6 Å². The Kier molecular flexibility index (Phi) is 5.10. The van der Waals surface area contributed by atoms with Gasteiger partial charge in [-0.15, -0.1) is 0 Å². The zero-order valence-electron chi connectivity index (χ0n) is 17.9. The molecule has 3 aromatic carbocycles. The molecule has 1 aromatic heterocycles. The Balaban J connectivity index is 1.73. The van der Waals surface area contributed by atoms with Crippen molar-refractivity contribution in [2.45, 2.75) is 32.9 Å². The van der Waals surface area contributed by atoms with E-state index in [0.29, 0.717) is 21.6 Å². The van der Waals surface area contributed by atoms with Crippen LogP contribution in [0, 0.1) is 6.92 Å². The molecule has 4 nitrogen and oxygen atoms in total. The number of fused-ring (bicyclic) bond motifs is 2. The summed E-state index contributed by atoms with van der Waals surface area (Å²) in [6.07, 6.45) is 0.913. The molecule has 2 heterocycles. The van der Waals surface area contributed by atoms with Crippen molar-refractivity contribution >= 4 is 28.5 Å². The first-order valence-corrected chi connectivity index (χ1v) is 11.1. The zero-order valence-corrected chi connectivity index (χ0v) is 18.6. The maximum absolute atomic E-state index is 13.6. The van der Waals surface area contributed by atoms with Gasteiger partial charge in [0, 0.05) is 11.6 Å². The Hall–Kier alpha value is -3.37. The normalized spacial score (nSPS) is 15.4. The second kappa shape index (κ2) is 7.95. The lowest BCUT2D eigenvalue weighted by Gasteiger charge is -2.25. The van der Waals surface area contributed by atoms with Crippen molar-refractivity contribution in [1.29, 1.82) is 0 Å². The molecule has 0 N–H and O–H groups in total. The van der Waals surface area contributed by atoms with Gasteiger partial charge in [-0.25, -0.2) is 0 Å². The van der Waals surface area contributed by atoms with Gasteiger partial charge in [0.05, 0.1) is 17.0 Å². The highest BCUT2D eigenvalue weighted by molar-refractivity contribution is 6.31. The summed E-state index contributed by atoms with van der Waals surface area (Å²) in [5.41, 5.74) is 4.50. The van der Waals surface area contributed by atoms with Gasteiger partial charge in [-0.05, 0) is 48.2 Å². The van der Waals surface area contributed by atoms with Crippen LogP contribution in [-0.2, 0) is 13.0 Å². The van der Waals surface area contributed by atoms with Gasteiger partial charge in [-0.2, -0.15) is 0 Å². The summed E-state index contributed by atoms with van der Waals surface area (Å²) in [5, 5.41) is 1.07. The van der Waals surface area contributed by atoms with Crippen molar-refractivity contribution in [2.75, 3.05) is 0 Å². The third-order valence-electron chi connectivity index (χ3n) is 6.12. The lowest BCUT2D eigenvalue weighted by molar-refractivity contribution is 0.0714. The van der Waals surface area contributed by atoms with Gasteiger partial charge < -0.3 is 9.32 Å². The van der Waals surface area contributed by atoms with Gasteiger partial charge in [-0.3, -0.25) is 9.59 Å². The van der Waals surface area contributed by atoms with E-state index in [4.69, 9.17) is 16.0 Å². The van der Waals surface area contributed by atoms with Crippen molar-refractivity contribution in [3.05, 3.63) is 116 Å². The number of aryl methyl sites for hydroxylation is 2. The van der Waals surface area contributed by atoms with Crippen LogP contribution in [0.4, 0.5) is 0 Å². The van der Waals surface area contributed by atoms with E-state index in [9.17, 15) is 9.59 Å². The lowest BCUT2D eigenvalue weighted by Crippen LogP contribution is -2.29. The predicted molar refractivity (Wildman–Crippen MR) is 126 cm³/mol. The number of carbonyl (C=O) groups is 1. The van der Waals surface area contributed by atoms with E-state index in [-0.39, 0.29) is 23.6 Å². The molecule has 5 heteroatoms. The number of hydrogen-bond acceptors (Lipinski definition) is 3. The molecule has 160 valence electrons. The third kappa shape index (κ3) is 3.32. The molecule has 0 saturated heterocycles. The molecule has 4 aromatic rings. The van der Waals surface area contributed by atoms with Crippen molar-refractivity contribution < 1.29 is 9.21 Å². The second-order valence-corrected chi connectivity index (χ2v) is 8.60. The van der Waals surface area contributed by atoms with Crippen LogP contribution < -0.4 is 5.43 Å². The molecular weight excluding hydrogens is 422 g/mol. The molecule has 1 unspecified atom stereocenters. The highest BCUT2D eigenvalue weighted by Crippen LogP contribution is 2.39. The first kappa shape index (κ1) is 20.5. The highest BCUT2D eigenvalue weighted by Gasteiger charge is 2.42. The number of nitrogens with zero attached hydrogens (tertiary/aromatic N) is 1. The summed E-state index contributed by atoms with van der Waals surface area (Å²) >= 11 is 6.41. The van der Waals surface area contributed by atoms with E-state index in [1.807, 2.05) is 61.5 Å². The molecule has 1 atom stereocenters. The van der Waals surface area contributed by atoms with Crippen LogP contribution in [0.15, 0.2) is 75.9 Å². The van der Waals surface area contributed by atoms with Gasteiger partial charge in [0.2, 0.25) is 5.76 Å². The van der Waals surface area contributed by atoms with E-state index in [1.165, 1.54) is 5.56 Å². The molecule has 1 aliphatic heterocycles. The monoisotopic (exact) mass is 443 g/mol. The maximum atomic E-state index is 13.6. The van der Waals surface area contributed by atoms with Crippen molar-refractivity contribution in [1.82, 2.24) is 4.90 Å². The number of benzene rings is 3. The first-order valence-electron chi connectivity index (χ1n) is 10.7. The molecule has 32 heavy (non-hydrogen) atoms. The molecule has 0 aliphatic carbocycles. The molecule has 0 saturated carbocycles. The van der Waals surface area contributed by atoms with Crippen LogP contribution in [0.5, 0.6) is 0 Å². The summed E-state index contributed by atoms with van der Waals surface area (Å²) in [4.78, 5) is 28.8. The molecule has 0 fully saturated rings. The van der Waals surface area contributed by atoms with Crippen molar-refractivity contribution in [3.8, 4) is 0 Å².